The number of likely N-dealkylation sites (tertiary alicyclic amines) is 1. The molecule has 2 rings (SSSR count). The zero-order valence-corrected chi connectivity index (χ0v) is 11.0. The Balaban J connectivity index is 1.57. The van der Waals surface area contributed by atoms with Crippen LogP contribution in [-0.4, -0.2) is 31.1 Å². The zero-order chi connectivity index (χ0) is 12.1. The van der Waals surface area contributed by atoms with E-state index in [4.69, 9.17) is 4.42 Å². The molecule has 1 aromatic heterocycles. The van der Waals surface area contributed by atoms with Crippen LogP contribution < -0.4 is 5.32 Å². The molecule has 1 fully saturated rings. The van der Waals surface area contributed by atoms with E-state index in [0.29, 0.717) is 0 Å². The van der Waals surface area contributed by atoms with Gasteiger partial charge >= 0.3 is 0 Å². The molecule has 1 aromatic rings. The third-order valence-electron chi connectivity index (χ3n) is 3.74. The number of nitrogens with one attached hydrogen (secondary N) is 1. The van der Waals surface area contributed by atoms with E-state index in [0.717, 1.165) is 37.2 Å². The second kappa shape index (κ2) is 6.22. The Kier molecular flexibility index (Phi) is 4.63. The van der Waals surface area contributed by atoms with Crippen molar-refractivity contribution < 1.29 is 4.42 Å². The molecule has 0 saturated carbocycles. The monoisotopic (exact) mass is 236 g/mol. The largest absolute Gasteiger partial charge is 0.468 e. The van der Waals surface area contributed by atoms with E-state index in [1.807, 2.05) is 12.1 Å². The van der Waals surface area contributed by atoms with Gasteiger partial charge in [-0.3, -0.25) is 0 Å². The topological polar surface area (TPSA) is 28.4 Å². The highest BCUT2D eigenvalue weighted by atomic mass is 16.3. The Labute approximate surface area is 104 Å². The first-order valence-corrected chi connectivity index (χ1v) is 6.71. The normalized spacial score (nSPS) is 21.5. The summed E-state index contributed by atoms with van der Waals surface area (Å²) in [6, 6.07) is 3.95. The van der Waals surface area contributed by atoms with E-state index in [1.54, 1.807) is 6.26 Å². The van der Waals surface area contributed by atoms with Crippen molar-refractivity contribution >= 4 is 0 Å². The van der Waals surface area contributed by atoms with Gasteiger partial charge in [0.1, 0.15) is 5.76 Å². The maximum Gasteiger partial charge on any atom is 0.117 e. The van der Waals surface area contributed by atoms with E-state index in [-0.39, 0.29) is 0 Å². The Morgan fingerprint density at radius 3 is 3.06 bits per heavy atom. The summed E-state index contributed by atoms with van der Waals surface area (Å²) in [5.41, 5.74) is 0. The minimum absolute atomic E-state index is 0.830. The smallest absolute Gasteiger partial charge is 0.117 e. The molecule has 0 spiro atoms. The van der Waals surface area contributed by atoms with E-state index in [9.17, 15) is 0 Å². The molecular weight excluding hydrogens is 212 g/mol. The Bertz CT molecular complexity index is 308. The summed E-state index contributed by atoms with van der Waals surface area (Å²) in [5, 5.41) is 3.42. The van der Waals surface area contributed by atoms with E-state index >= 15 is 0 Å². The van der Waals surface area contributed by atoms with Gasteiger partial charge in [-0.15, -0.1) is 0 Å². The summed E-state index contributed by atoms with van der Waals surface area (Å²) >= 11 is 0. The highest BCUT2D eigenvalue weighted by Crippen LogP contribution is 2.22. The van der Waals surface area contributed by atoms with Crippen LogP contribution in [0.4, 0.5) is 0 Å². The summed E-state index contributed by atoms with van der Waals surface area (Å²) in [6.07, 6.45) is 3.10. The molecule has 17 heavy (non-hydrogen) atoms. The van der Waals surface area contributed by atoms with Crippen molar-refractivity contribution in [2.24, 2.45) is 11.8 Å². The van der Waals surface area contributed by atoms with Gasteiger partial charge in [0, 0.05) is 19.6 Å². The molecule has 3 nitrogen and oxygen atoms in total. The molecule has 0 aromatic carbocycles. The molecule has 1 aliphatic heterocycles. The summed E-state index contributed by atoms with van der Waals surface area (Å²) in [5.74, 6) is 2.75. The van der Waals surface area contributed by atoms with Crippen LogP contribution in [0, 0.1) is 11.8 Å². The maximum absolute atomic E-state index is 5.28. The molecule has 1 unspecified atom stereocenters. The number of hydrogen-bond acceptors (Lipinski definition) is 3. The van der Waals surface area contributed by atoms with Crippen LogP contribution in [0.15, 0.2) is 22.8 Å². The van der Waals surface area contributed by atoms with Crippen LogP contribution in [0.2, 0.25) is 0 Å². The fourth-order valence-electron chi connectivity index (χ4n) is 2.47. The summed E-state index contributed by atoms with van der Waals surface area (Å²) in [6.45, 7) is 10.3. The van der Waals surface area contributed by atoms with Gasteiger partial charge in [-0.25, -0.2) is 0 Å². The van der Waals surface area contributed by atoms with Gasteiger partial charge in [-0.1, -0.05) is 13.8 Å². The van der Waals surface area contributed by atoms with Gasteiger partial charge in [0.25, 0.3) is 0 Å². The molecule has 0 aliphatic carbocycles. The molecule has 2 heterocycles. The number of hydrogen-bond donors (Lipinski definition) is 1. The Morgan fingerprint density at radius 1 is 1.53 bits per heavy atom. The quantitative estimate of drug-likeness (QED) is 0.769. The van der Waals surface area contributed by atoms with Crippen LogP contribution in [0.1, 0.15) is 26.0 Å². The first-order chi connectivity index (χ1) is 8.25. The first-order valence-electron chi connectivity index (χ1n) is 6.71. The van der Waals surface area contributed by atoms with Crippen molar-refractivity contribution in [1.29, 1.82) is 0 Å². The van der Waals surface area contributed by atoms with Gasteiger partial charge in [-0.05, 0) is 36.9 Å². The molecule has 1 saturated heterocycles. The predicted octanol–water partition coefficient (Wildman–Crippen LogP) is 2.35. The molecule has 1 N–H and O–H groups in total. The van der Waals surface area contributed by atoms with Gasteiger partial charge in [0.2, 0.25) is 0 Å². The number of furan rings is 1. The predicted molar refractivity (Wildman–Crippen MR) is 69.8 cm³/mol. The lowest BCUT2D eigenvalue weighted by Gasteiger charge is -2.17. The summed E-state index contributed by atoms with van der Waals surface area (Å²) in [4.78, 5) is 2.57. The van der Waals surface area contributed by atoms with Gasteiger partial charge in [-0.2, -0.15) is 0 Å². The van der Waals surface area contributed by atoms with Gasteiger partial charge < -0.3 is 14.6 Å². The molecule has 1 atom stereocenters. The van der Waals surface area contributed by atoms with Crippen molar-refractivity contribution in [3.8, 4) is 0 Å². The third-order valence-corrected chi connectivity index (χ3v) is 3.74. The zero-order valence-electron chi connectivity index (χ0n) is 11.0. The summed E-state index contributed by atoms with van der Waals surface area (Å²) < 4.78 is 5.28. The maximum atomic E-state index is 5.28. The molecule has 96 valence electrons. The lowest BCUT2D eigenvalue weighted by molar-refractivity contribution is 0.300. The van der Waals surface area contributed by atoms with Gasteiger partial charge in [0.05, 0.1) is 12.8 Å². The highest BCUT2D eigenvalue weighted by molar-refractivity contribution is 4.97. The van der Waals surface area contributed by atoms with Crippen LogP contribution in [0.25, 0.3) is 0 Å². The van der Waals surface area contributed by atoms with Crippen molar-refractivity contribution in [1.82, 2.24) is 10.2 Å². The second-order valence-electron chi connectivity index (χ2n) is 5.35. The molecule has 3 heteroatoms. The van der Waals surface area contributed by atoms with Crippen LogP contribution in [-0.2, 0) is 6.54 Å². The fourth-order valence-corrected chi connectivity index (χ4v) is 2.47. The van der Waals surface area contributed by atoms with E-state index in [2.05, 4.69) is 24.1 Å². The van der Waals surface area contributed by atoms with Crippen LogP contribution in [0.5, 0.6) is 0 Å². The lowest BCUT2D eigenvalue weighted by atomic mass is 9.95. The molecule has 0 radical (unpaired) electrons. The molecule has 1 aliphatic rings. The standard InChI is InChI=1S/C14H24N2O/c1-12(2)13-5-7-16(11-13)8-6-15-10-14-4-3-9-17-14/h3-4,9,12-13,15H,5-8,10-11H2,1-2H3. The Hall–Kier alpha value is -0.800. The van der Waals surface area contributed by atoms with Crippen molar-refractivity contribution in [2.45, 2.75) is 26.8 Å². The molecular formula is C14H24N2O. The first kappa shape index (κ1) is 12.7. The van der Waals surface area contributed by atoms with E-state index < -0.39 is 0 Å². The van der Waals surface area contributed by atoms with Crippen molar-refractivity contribution in [2.75, 3.05) is 26.2 Å². The average molecular weight is 236 g/mol. The number of rotatable bonds is 6. The van der Waals surface area contributed by atoms with E-state index in [1.165, 1.54) is 19.5 Å². The van der Waals surface area contributed by atoms with Crippen molar-refractivity contribution in [3.63, 3.8) is 0 Å². The third kappa shape index (κ3) is 3.86. The fraction of sp³-hybridized carbons (Fsp3) is 0.714. The molecule has 0 bridgehead atoms. The number of nitrogens with zero attached hydrogens (tertiary/aromatic N) is 1. The van der Waals surface area contributed by atoms with Crippen molar-refractivity contribution in [3.05, 3.63) is 24.2 Å². The minimum Gasteiger partial charge on any atom is -0.468 e. The van der Waals surface area contributed by atoms with Gasteiger partial charge in [0.15, 0.2) is 0 Å². The van der Waals surface area contributed by atoms with Crippen LogP contribution >= 0.6 is 0 Å². The Morgan fingerprint density at radius 2 is 2.41 bits per heavy atom. The summed E-state index contributed by atoms with van der Waals surface area (Å²) in [7, 11) is 0. The molecule has 0 amide bonds. The second-order valence-corrected chi connectivity index (χ2v) is 5.35. The lowest BCUT2D eigenvalue weighted by Crippen LogP contribution is -2.30. The minimum atomic E-state index is 0.830. The average Bonchev–Trinajstić information content (AvgIpc) is 2.96. The van der Waals surface area contributed by atoms with Crippen LogP contribution in [0.3, 0.4) is 0 Å². The highest BCUT2D eigenvalue weighted by Gasteiger charge is 2.23. The SMILES string of the molecule is CC(C)C1CCN(CCNCc2ccco2)C1.